The summed E-state index contributed by atoms with van der Waals surface area (Å²) < 4.78 is 0. The summed E-state index contributed by atoms with van der Waals surface area (Å²) in [5.41, 5.74) is 1.68. The van der Waals surface area contributed by atoms with Gasteiger partial charge >= 0.3 is 0 Å². The minimum absolute atomic E-state index is 0.703. The third-order valence-corrected chi connectivity index (χ3v) is 2.26. The van der Waals surface area contributed by atoms with Crippen LogP contribution >= 0.6 is 0 Å². The summed E-state index contributed by atoms with van der Waals surface area (Å²) in [6.45, 7) is 9.25. The van der Waals surface area contributed by atoms with Crippen LogP contribution in [0.5, 0.6) is 0 Å². The lowest BCUT2D eigenvalue weighted by atomic mass is 9.85. The highest BCUT2D eigenvalue weighted by molar-refractivity contribution is 5.34. The molecule has 14 heavy (non-hydrogen) atoms. The zero-order valence-corrected chi connectivity index (χ0v) is 8.79. The van der Waals surface area contributed by atoms with Gasteiger partial charge in [-0.05, 0) is 31.4 Å². The molecule has 0 saturated carbocycles. The van der Waals surface area contributed by atoms with Gasteiger partial charge in [0.15, 0.2) is 0 Å². The molecule has 0 radical (unpaired) electrons. The average molecular weight is 190 g/mol. The fourth-order valence-electron chi connectivity index (χ4n) is 1.87. The average Bonchev–Trinajstić information content (AvgIpc) is 2.01. The van der Waals surface area contributed by atoms with Crippen LogP contribution in [0, 0.1) is 0 Å². The van der Waals surface area contributed by atoms with Gasteiger partial charge in [0.1, 0.15) is 0 Å². The second-order valence-corrected chi connectivity index (χ2v) is 4.04. The maximum atomic E-state index is 9.98. The van der Waals surface area contributed by atoms with Crippen molar-refractivity contribution in [2.45, 2.75) is 31.8 Å². The van der Waals surface area contributed by atoms with Crippen molar-refractivity contribution in [2.24, 2.45) is 0 Å². The fourth-order valence-corrected chi connectivity index (χ4v) is 1.87. The molecule has 1 aliphatic rings. The molecule has 0 fully saturated rings. The topological polar surface area (TPSA) is 20.2 Å². The van der Waals surface area contributed by atoms with E-state index >= 15 is 0 Å². The predicted molar refractivity (Wildman–Crippen MR) is 61.0 cm³/mol. The molecule has 1 heteroatoms. The molecule has 0 saturated heterocycles. The summed E-state index contributed by atoms with van der Waals surface area (Å²) in [6, 6.07) is 0. The molecule has 1 N–H and O–H groups in total. The van der Waals surface area contributed by atoms with Gasteiger partial charge in [0.2, 0.25) is 0 Å². The van der Waals surface area contributed by atoms with Gasteiger partial charge < -0.3 is 5.11 Å². The van der Waals surface area contributed by atoms with E-state index in [0.717, 1.165) is 18.4 Å². The number of allylic oxidation sites excluding steroid dienone is 4. The summed E-state index contributed by atoms with van der Waals surface area (Å²) in [5, 5.41) is 9.98. The normalized spacial score (nSPS) is 26.4. The maximum absolute atomic E-state index is 9.98. The standard InChI is InChI=1S/C13H18O/c1-4-6-11-8-12(7-5-2)10-13(3,14)9-11/h4-5,8-9,14H,1-2,6-7,10H2,3H3. The van der Waals surface area contributed by atoms with E-state index in [9.17, 15) is 5.11 Å². The van der Waals surface area contributed by atoms with Crippen LogP contribution in [-0.4, -0.2) is 10.7 Å². The van der Waals surface area contributed by atoms with Gasteiger partial charge in [-0.2, -0.15) is 0 Å². The van der Waals surface area contributed by atoms with Crippen molar-refractivity contribution in [3.05, 3.63) is 48.6 Å². The molecule has 0 amide bonds. The Labute approximate surface area is 86.1 Å². The fraction of sp³-hybridized carbons (Fsp3) is 0.385. The molecule has 76 valence electrons. The molecule has 1 atom stereocenters. The van der Waals surface area contributed by atoms with E-state index in [1.54, 1.807) is 0 Å². The first-order valence-corrected chi connectivity index (χ1v) is 4.93. The largest absolute Gasteiger partial charge is 0.386 e. The first-order chi connectivity index (χ1) is 6.57. The Morgan fingerprint density at radius 3 is 2.64 bits per heavy atom. The molecule has 1 rings (SSSR count). The van der Waals surface area contributed by atoms with Gasteiger partial charge in [-0.1, -0.05) is 23.8 Å². The lowest BCUT2D eigenvalue weighted by molar-refractivity contribution is 0.109. The molecule has 0 bridgehead atoms. The van der Waals surface area contributed by atoms with E-state index in [1.807, 2.05) is 25.2 Å². The van der Waals surface area contributed by atoms with Crippen LogP contribution in [0.1, 0.15) is 26.2 Å². The van der Waals surface area contributed by atoms with E-state index in [-0.39, 0.29) is 0 Å². The minimum Gasteiger partial charge on any atom is -0.386 e. The highest BCUT2D eigenvalue weighted by Gasteiger charge is 2.22. The van der Waals surface area contributed by atoms with Crippen LogP contribution in [0.4, 0.5) is 0 Å². The third kappa shape index (κ3) is 3.00. The van der Waals surface area contributed by atoms with E-state index in [2.05, 4.69) is 19.2 Å². The van der Waals surface area contributed by atoms with Crippen LogP contribution in [0.15, 0.2) is 48.6 Å². The second-order valence-electron chi connectivity index (χ2n) is 4.04. The molecule has 0 aromatic carbocycles. The Kier molecular flexibility index (Phi) is 3.48. The Bertz CT molecular complexity index is 292. The van der Waals surface area contributed by atoms with E-state index < -0.39 is 5.60 Å². The molecule has 0 aromatic heterocycles. The SMILES string of the molecule is C=CCC1=CC(C)(O)CC(CC=C)=C1. The monoisotopic (exact) mass is 190 g/mol. The Balaban J connectivity index is 2.85. The summed E-state index contributed by atoms with van der Waals surface area (Å²) in [5.74, 6) is 0. The number of hydrogen-bond acceptors (Lipinski definition) is 1. The molecule has 0 heterocycles. The Hall–Kier alpha value is -1.08. The first kappa shape index (κ1) is 11.0. The minimum atomic E-state index is -0.703. The molecular weight excluding hydrogens is 172 g/mol. The molecule has 1 aliphatic carbocycles. The van der Waals surface area contributed by atoms with Gasteiger partial charge in [0.25, 0.3) is 0 Å². The molecule has 1 unspecified atom stereocenters. The lowest BCUT2D eigenvalue weighted by Crippen LogP contribution is -2.24. The van der Waals surface area contributed by atoms with E-state index in [0.29, 0.717) is 6.42 Å². The van der Waals surface area contributed by atoms with E-state index in [1.165, 1.54) is 5.57 Å². The highest BCUT2D eigenvalue weighted by Crippen LogP contribution is 2.29. The quantitative estimate of drug-likeness (QED) is 0.675. The van der Waals surface area contributed by atoms with E-state index in [4.69, 9.17) is 0 Å². The molecule has 0 aliphatic heterocycles. The van der Waals surface area contributed by atoms with Crippen molar-refractivity contribution < 1.29 is 5.11 Å². The highest BCUT2D eigenvalue weighted by atomic mass is 16.3. The van der Waals surface area contributed by atoms with Crippen LogP contribution < -0.4 is 0 Å². The van der Waals surface area contributed by atoms with Crippen LogP contribution in [0.3, 0.4) is 0 Å². The lowest BCUT2D eigenvalue weighted by Gasteiger charge is -2.26. The van der Waals surface area contributed by atoms with Crippen LogP contribution in [0.25, 0.3) is 0 Å². The van der Waals surface area contributed by atoms with Gasteiger partial charge in [-0.3, -0.25) is 0 Å². The maximum Gasteiger partial charge on any atom is 0.0842 e. The third-order valence-electron chi connectivity index (χ3n) is 2.26. The van der Waals surface area contributed by atoms with Crippen molar-refractivity contribution in [3.8, 4) is 0 Å². The first-order valence-electron chi connectivity index (χ1n) is 4.93. The molecule has 0 aromatic rings. The number of rotatable bonds is 4. The Morgan fingerprint density at radius 2 is 2.07 bits per heavy atom. The summed E-state index contributed by atoms with van der Waals surface area (Å²) in [6.07, 6.45) is 10.2. The van der Waals surface area contributed by atoms with Crippen molar-refractivity contribution in [1.29, 1.82) is 0 Å². The summed E-state index contributed by atoms with van der Waals surface area (Å²) >= 11 is 0. The van der Waals surface area contributed by atoms with Gasteiger partial charge in [0.05, 0.1) is 5.60 Å². The predicted octanol–water partition coefficient (Wildman–Crippen LogP) is 3.15. The van der Waals surface area contributed by atoms with Crippen molar-refractivity contribution >= 4 is 0 Å². The zero-order chi connectivity index (χ0) is 10.6. The second kappa shape index (κ2) is 4.43. The Morgan fingerprint density at radius 1 is 1.43 bits per heavy atom. The van der Waals surface area contributed by atoms with Gasteiger partial charge in [-0.15, -0.1) is 13.2 Å². The van der Waals surface area contributed by atoms with Crippen LogP contribution in [0.2, 0.25) is 0 Å². The smallest absolute Gasteiger partial charge is 0.0842 e. The molecular formula is C13H18O. The van der Waals surface area contributed by atoms with Crippen molar-refractivity contribution in [3.63, 3.8) is 0 Å². The number of aliphatic hydroxyl groups is 1. The summed E-state index contributed by atoms with van der Waals surface area (Å²) in [4.78, 5) is 0. The molecule has 0 spiro atoms. The van der Waals surface area contributed by atoms with Crippen molar-refractivity contribution in [2.75, 3.05) is 0 Å². The van der Waals surface area contributed by atoms with Crippen molar-refractivity contribution in [1.82, 2.24) is 0 Å². The summed E-state index contributed by atoms with van der Waals surface area (Å²) in [7, 11) is 0. The number of hydrogen-bond donors (Lipinski definition) is 1. The zero-order valence-electron chi connectivity index (χ0n) is 8.79. The van der Waals surface area contributed by atoms with Gasteiger partial charge in [-0.25, -0.2) is 0 Å². The van der Waals surface area contributed by atoms with Crippen LogP contribution in [-0.2, 0) is 0 Å². The molecule has 1 nitrogen and oxygen atoms in total. The van der Waals surface area contributed by atoms with Gasteiger partial charge in [0, 0.05) is 6.42 Å².